The summed E-state index contributed by atoms with van der Waals surface area (Å²) in [6.45, 7) is 3.83. The molecule has 5 rings (SSSR count). The molecule has 0 bridgehead atoms. The van der Waals surface area contributed by atoms with Gasteiger partial charge in [-0.25, -0.2) is 4.79 Å². The van der Waals surface area contributed by atoms with Crippen LogP contribution in [-0.4, -0.2) is 72.7 Å². The van der Waals surface area contributed by atoms with Gasteiger partial charge in [0.05, 0.1) is 37.9 Å². The summed E-state index contributed by atoms with van der Waals surface area (Å²) >= 11 is 0. The van der Waals surface area contributed by atoms with Crippen molar-refractivity contribution in [2.24, 2.45) is 5.92 Å². The molecule has 2 fully saturated rings. The van der Waals surface area contributed by atoms with Gasteiger partial charge in [-0.05, 0) is 36.1 Å². The smallest absolute Gasteiger partial charge is 0.322 e. The molecule has 0 unspecified atom stereocenters. The Bertz CT molecular complexity index is 1310. The molecule has 2 aliphatic rings. The molecular weight excluding hydrogens is 544 g/mol. The number of piperazine rings is 1. The van der Waals surface area contributed by atoms with Gasteiger partial charge in [0.15, 0.2) is 0 Å². The molecule has 1 aliphatic carbocycles. The molecule has 0 atom stereocenters. The highest BCUT2D eigenvalue weighted by Crippen LogP contribution is 2.26. The molecule has 9 nitrogen and oxygen atoms in total. The number of hydrogen-bond acceptors (Lipinski definition) is 6. The first-order valence-electron chi connectivity index (χ1n) is 15.4. The number of carbonyl (C=O) groups is 2. The minimum atomic E-state index is -0.231. The summed E-state index contributed by atoms with van der Waals surface area (Å²) in [7, 11) is 0. The van der Waals surface area contributed by atoms with Gasteiger partial charge < -0.3 is 29.3 Å². The van der Waals surface area contributed by atoms with E-state index in [9.17, 15) is 9.59 Å². The Morgan fingerprint density at radius 1 is 0.791 bits per heavy atom. The van der Waals surface area contributed by atoms with E-state index in [1.54, 1.807) is 28.3 Å². The predicted molar refractivity (Wildman–Crippen MR) is 165 cm³/mol. The highest BCUT2D eigenvalue weighted by Gasteiger charge is 2.25. The molecule has 43 heavy (non-hydrogen) atoms. The van der Waals surface area contributed by atoms with E-state index in [0.717, 1.165) is 23.7 Å². The average Bonchev–Trinajstić information content (AvgIpc) is 3.06. The number of pyridine rings is 1. The number of hydrogen-bond donors (Lipinski definition) is 1. The largest absolute Gasteiger partial charge is 0.494 e. The first-order valence-corrected chi connectivity index (χ1v) is 15.4. The molecule has 1 aliphatic heterocycles. The van der Waals surface area contributed by atoms with Crippen LogP contribution in [0.3, 0.4) is 0 Å². The van der Waals surface area contributed by atoms with Crippen molar-refractivity contribution in [1.82, 2.24) is 14.8 Å². The second-order valence-electron chi connectivity index (χ2n) is 11.2. The lowest BCUT2D eigenvalue weighted by Crippen LogP contribution is -2.51. The van der Waals surface area contributed by atoms with Crippen molar-refractivity contribution >= 4 is 17.6 Å². The minimum Gasteiger partial charge on any atom is -0.494 e. The van der Waals surface area contributed by atoms with Crippen molar-refractivity contribution in [3.05, 3.63) is 84.2 Å². The standard InChI is InChI=1S/C34H42N4O5/c39-33(29-12-7-13-31(22-29)42-19-14-27-8-3-1-4-9-27)37-15-17-38(18-16-37)34(40)36-30-23-32(25-35-24-30)43-21-20-41-26-28-10-5-2-6-11-28/h2,5-7,10-13,22-25,27H,1,3-4,8-9,14-21,26H2,(H,36,40). The second kappa shape index (κ2) is 15.9. The predicted octanol–water partition coefficient (Wildman–Crippen LogP) is 6.02. The molecule has 3 amide bonds. The normalized spacial score (nSPS) is 15.6. The number of nitrogens with zero attached hydrogens (tertiary/aromatic N) is 3. The number of ether oxygens (including phenoxy) is 3. The second-order valence-corrected chi connectivity index (χ2v) is 11.2. The zero-order chi connectivity index (χ0) is 29.7. The van der Waals surface area contributed by atoms with Crippen LogP contribution in [0.2, 0.25) is 0 Å². The van der Waals surface area contributed by atoms with Gasteiger partial charge in [-0.1, -0.05) is 68.5 Å². The summed E-state index contributed by atoms with van der Waals surface area (Å²) in [5, 5.41) is 2.89. The first kappa shape index (κ1) is 30.4. The van der Waals surface area contributed by atoms with Gasteiger partial charge in [0, 0.05) is 37.8 Å². The van der Waals surface area contributed by atoms with Crippen LogP contribution in [0, 0.1) is 5.92 Å². The zero-order valence-corrected chi connectivity index (χ0v) is 24.8. The van der Waals surface area contributed by atoms with Crippen LogP contribution < -0.4 is 14.8 Å². The monoisotopic (exact) mass is 586 g/mol. The van der Waals surface area contributed by atoms with Crippen LogP contribution >= 0.6 is 0 Å². The molecule has 9 heteroatoms. The Balaban J connectivity index is 1.02. The van der Waals surface area contributed by atoms with Crippen LogP contribution in [-0.2, 0) is 11.3 Å². The van der Waals surface area contributed by atoms with E-state index in [1.165, 1.54) is 32.1 Å². The van der Waals surface area contributed by atoms with Crippen molar-refractivity contribution < 1.29 is 23.8 Å². The fraction of sp³-hybridized carbons (Fsp3) is 0.441. The summed E-state index contributed by atoms with van der Waals surface area (Å²) in [6.07, 6.45) is 10.9. The van der Waals surface area contributed by atoms with Crippen molar-refractivity contribution in [2.45, 2.75) is 45.1 Å². The maximum atomic E-state index is 13.2. The number of rotatable bonds is 12. The third-order valence-corrected chi connectivity index (χ3v) is 8.03. The minimum absolute atomic E-state index is 0.0420. The van der Waals surface area contributed by atoms with E-state index in [0.29, 0.717) is 69.6 Å². The van der Waals surface area contributed by atoms with Gasteiger partial charge in [0.2, 0.25) is 0 Å². The first-order chi connectivity index (χ1) is 21.1. The third-order valence-electron chi connectivity index (χ3n) is 8.03. The van der Waals surface area contributed by atoms with E-state index in [4.69, 9.17) is 14.2 Å². The van der Waals surface area contributed by atoms with E-state index < -0.39 is 0 Å². The van der Waals surface area contributed by atoms with Crippen molar-refractivity contribution in [3.63, 3.8) is 0 Å². The Hall–Kier alpha value is -4.11. The molecule has 3 aromatic rings. The summed E-state index contributed by atoms with van der Waals surface area (Å²) < 4.78 is 17.4. The van der Waals surface area contributed by atoms with Crippen molar-refractivity contribution in [2.75, 3.05) is 51.3 Å². The number of aromatic nitrogens is 1. The van der Waals surface area contributed by atoms with Gasteiger partial charge >= 0.3 is 6.03 Å². The highest BCUT2D eigenvalue weighted by atomic mass is 16.5. The quantitative estimate of drug-likeness (QED) is 0.261. The number of anilines is 1. The van der Waals surface area contributed by atoms with Crippen LogP contribution in [0.25, 0.3) is 0 Å². The Morgan fingerprint density at radius 3 is 2.37 bits per heavy atom. The van der Waals surface area contributed by atoms with E-state index in [2.05, 4.69) is 10.3 Å². The summed E-state index contributed by atoms with van der Waals surface area (Å²) in [6, 6.07) is 18.9. The van der Waals surface area contributed by atoms with Crippen LogP contribution in [0.5, 0.6) is 11.5 Å². The van der Waals surface area contributed by atoms with Gasteiger partial charge in [0.1, 0.15) is 18.1 Å². The molecule has 1 N–H and O–H groups in total. The van der Waals surface area contributed by atoms with Crippen LogP contribution in [0.4, 0.5) is 10.5 Å². The number of nitrogens with one attached hydrogen (secondary N) is 1. The molecule has 2 heterocycles. The molecule has 228 valence electrons. The SMILES string of the molecule is O=C(Nc1cncc(OCCOCc2ccccc2)c1)N1CCN(C(=O)c2cccc(OCCC3CCCCC3)c2)CC1. The number of amides is 3. The Morgan fingerprint density at radius 2 is 1.56 bits per heavy atom. The zero-order valence-electron chi connectivity index (χ0n) is 24.8. The summed E-state index contributed by atoms with van der Waals surface area (Å²) in [5.74, 6) is 2.01. The topological polar surface area (TPSA) is 93.2 Å². The molecular formula is C34H42N4O5. The van der Waals surface area contributed by atoms with Crippen LogP contribution in [0.1, 0.15) is 54.4 Å². The van der Waals surface area contributed by atoms with Gasteiger partial charge in [-0.3, -0.25) is 9.78 Å². The summed E-state index contributed by atoms with van der Waals surface area (Å²) in [5.41, 5.74) is 2.27. The van der Waals surface area contributed by atoms with Crippen molar-refractivity contribution in [3.8, 4) is 11.5 Å². The van der Waals surface area contributed by atoms with Crippen molar-refractivity contribution in [1.29, 1.82) is 0 Å². The van der Waals surface area contributed by atoms with Crippen LogP contribution in [0.15, 0.2) is 73.1 Å². The van der Waals surface area contributed by atoms with Gasteiger partial charge in [-0.2, -0.15) is 0 Å². The lowest BCUT2D eigenvalue weighted by atomic mass is 9.87. The summed E-state index contributed by atoms with van der Waals surface area (Å²) in [4.78, 5) is 33.8. The highest BCUT2D eigenvalue weighted by molar-refractivity contribution is 5.95. The average molecular weight is 587 g/mol. The molecule has 1 saturated heterocycles. The fourth-order valence-electron chi connectivity index (χ4n) is 5.58. The van der Waals surface area contributed by atoms with Gasteiger partial charge in [0.25, 0.3) is 5.91 Å². The number of carbonyl (C=O) groups excluding carboxylic acids is 2. The number of benzene rings is 2. The maximum absolute atomic E-state index is 13.2. The lowest BCUT2D eigenvalue weighted by molar-refractivity contribution is 0.0671. The molecule has 0 spiro atoms. The molecule has 2 aromatic carbocycles. The van der Waals surface area contributed by atoms with Gasteiger partial charge in [-0.15, -0.1) is 0 Å². The number of urea groups is 1. The van der Waals surface area contributed by atoms with E-state index in [-0.39, 0.29) is 11.9 Å². The molecule has 0 radical (unpaired) electrons. The maximum Gasteiger partial charge on any atom is 0.322 e. The Labute approximate surface area is 254 Å². The lowest BCUT2D eigenvalue weighted by Gasteiger charge is -2.34. The van der Waals surface area contributed by atoms with E-state index >= 15 is 0 Å². The fourth-order valence-corrected chi connectivity index (χ4v) is 5.58. The Kier molecular flexibility index (Phi) is 11.2. The van der Waals surface area contributed by atoms with E-state index in [1.807, 2.05) is 54.6 Å². The third kappa shape index (κ3) is 9.44. The molecule has 1 saturated carbocycles. The molecule has 1 aromatic heterocycles.